The van der Waals surface area contributed by atoms with Crippen molar-refractivity contribution in [2.75, 3.05) is 0 Å². The summed E-state index contributed by atoms with van der Waals surface area (Å²) < 4.78 is 58.0. The quantitative estimate of drug-likeness (QED) is 0.431. The number of allylic oxidation sites excluding steroid dienone is 2. The van der Waals surface area contributed by atoms with E-state index in [0.29, 0.717) is 0 Å². The van der Waals surface area contributed by atoms with Crippen molar-refractivity contribution in [2.45, 2.75) is 9.79 Å². The summed E-state index contributed by atoms with van der Waals surface area (Å²) in [6, 6.07) is 14.7. The second kappa shape index (κ2) is 9.49. The number of carbonyl (C=O) groups excluding carboxylic acids is 2. The number of amides is 2. The third-order valence-electron chi connectivity index (χ3n) is 4.06. The molecule has 2 aromatic rings. The second-order valence-corrected chi connectivity index (χ2v) is 9.38. The third kappa shape index (κ3) is 5.22. The van der Waals surface area contributed by atoms with Gasteiger partial charge in [-0.05, 0) is 36.4 Å². The van der Waals surface area contributed by atoms with Gasteiger partial charge >= 0.3 is 0 Å². The van der Waals surface area contributed by atoms with Crippen molar-refractivity contribution >= 4 is 44.3 Å². The van der Waals surface area contributed by atoms with E-state index in [1.54, 1.807) is 12.1 Å². The van der Waals surface area contributed by atoms with Gasteiger partial charge in [-0.25, -0.2) is 0 Å². The van der Waals surface area contributed by atoms with Gasteiger partial charge in [0.1, 0.15) is 11.4 Å². The molecule has 0 aromatic heterocycles. The fourth-order valence-electron chi connectivity index (χ4n) is 2.64. The van der Waals surface area contributed by atoms with Crippen LogP contribution in [0.2, 0.25) is 0 Å². The zero-order chi connectivity index (χ0) is 23.2. The Hall–Kier alpha value is -3.90. The minimum absolute atomic E-state index is 0.0950. The number of hydrogen-bond acceptors (Lipinski definition) is 6. The molecule has 0 unspecified atom stereocenters. The standard InChI is InChI=1S/C20H16N4O6S2/c25-13-21-17-12-20(24-32(29,30)16-9-5-2-6-10-16)18(22-14-26)11-19(17)23-31(27,28)15-7-3-1-4-8-15/h1-14H,(H,21,25)(H,22,26). The maximum absolute atomic E-state index is 12.6. The van der Waals surface area contributed by atoms with E-state index < -0.39 is 20.0 Å². The van der Waals surface area contributed by atoms with E-state index in [1.807, 2.05) is 0 Å². The number of nitrogens with zero attached hydrogens (tertiary/aromatic N) is 2. The van der Waals surface area contributed by atoms with E-state index in [1.165, 1.54) is 48.5 Å². The summed E-state index contributed by atoms with van der Waals surface area (Å²) in [6.07, 6.45) is 2.73. The van der Waals surface area contributed by atoms with Crippen molar-refractivity contribution in [3.8, 4) is 0 Å². The molecular formula is C20H16N4O6S2. The number of carbonyl (C=O) groups is 2. The lowest BCUT2D eigenvalue weighted by Gasteiger charge is -2.16. The molecule has 2 aromatic carbocycles. The fourth-order valence-corrected chi connectivity index (χ4v) is 4.67. The van der Waals surface area contributed by atoms with Crippen molar-refractivity contribution in [1.29, 1.82) is 0 Å². The molecule has 32 heavy (non-hydrogen) atoms. The van der Waals surface area contributed by atoms with Gasteiger partial charge < -0.3 is 10.6 Å². The Kier molecular flexibility index (Phi) is 6.76. The summed E-state index contributed by atoms with van der Waals surface area (Å²) >= 11 is 0. The van der Waals surface area contributed by atoms with E-state index in [-0.39, 0.29) is 45.4 Å². The van der Waals surface area contributed by atoms with E-state index in [4.69, 9.17) is 0 Å². The minimum Gasteiger partial charge on any atom is -0.327 e. The zero-order valence-corrected chi connectivity index (χ0v) is 17.9. The molecule has 0 fully saturated rings. The molecule has 0 heterocycles. The summed E-state index contributed by atoms with van der Waals surface area (Å²) in [6.45, 7) is 0. The molecule has 1 aliphatic carbocycles. The van der Waals surface area contributed by atoms with E-state index >= 15 is 0 Å². The third-order valence-corrected chi connectivity index (χ3v) is 6.67. The van der Waals surface area contributed by atoms with Crippen LogP contribution in [-0.2, 0) is 29.6 Å². The molecule has 164 valence electrons. The highest BCUT2D eigenvalue weighted by atomic mass is 32.2. The highest BCUT2D eigenvalue weighted by molar-refractivity contribution is 7.90. The largest absolute Gasteiger partial charge is 0.327 e. The Morgan fingerprint density at radius 1 is 0.594 bits per heavy atom. The predicted molar refractivity (Wildman–Crippen MR) is 117 cm³/mol. The van der Waals surface area contributed by atoms with Gasteiger partial charge in [-0.3, -0.25) is 9.59 Å². The molecule has 12 heteroatoms. The van der Waals surface area contributed by atoms with E-state index in [9.17, 15) is 26.4 Å². The van der Waals surface area contributed by atoms with Crippen LogP contribution in [0.3, 0.4) is 0 Å². The molecule has 0 saturated carbocycles. The first kappa shape index (κ1) is 22.8. The number of nitrogens with one attached hydrogen (secondary N) is 2. The number of rotatable bonds is 8. The van der Waals surface area contributed by atoms with E-state index in [0.717, 1.165) is 12.2 Å². The average molecular weight is 473 g/mol. The van der Waals surface area contributed by atoms with Gasteiger partial charge in [0.15, 0.2) is 0 Å². The van der Waals surface area contributed by atoms with Crippen molar-refractivity contribution in [3.63, 3.8) is 0 Å². The molecule has 0 atom stereocenters. The summed E-state index contributed by atoms with van der Waals surface area (Å²) in [5.74, 6) is 0. The lowest BCUT2D eigenvalue weighted by atomic mass is 10.1. The summed E-state index contributed by atoms with van der Waals surface area (Å²) in [5, 5.41) is 4.55. The molecule has 3 rings (SSSR count). The molecular weight excluding hydrogens is 456 g/mol. The van der Waals surface area contributed by atoms with Crippen molar-refractivity contribution in [2.24, 2.45) is 8.80 Å². The normalized spacial score (nSPS) is 16.8. The Balaban J connectivity index is 2.14. The number of sulfonamides is 2. The Labute approximate surface area is 184 Å². The first-order valence-electron chi connectivity index (χ1n) is 8.91. The van der Waals surface area contributed by atoms with Crippen LogP contribution in [0.5, 0.6) is 0 Å². The van der Waals surface area contributed by atoms with Gasteiger partial charge in [0.05, 0.1) is 21.2 Å². The maximum Gasteiger partial charge on any atom is 0.282 e. The smallest absolute Gasteiger partial charge is 0.282 e. The lowest BCUT2D eigenvalue weighted by Crippen LogP contribution is -2.29. The van der Waals surface area contributed by atoms with Crippen LogP contribution < -0.4 is 10.6 Å². The molecule has 0 spiro atoms. The van der Waals surface area contributed by atoms with Crippen molar-refractivity contribution < 1.29 is 26.4 Å². The summed E-state index contributed by atoms with van der Waals surface area (Å²) in [7, 11) is -8.35. The van der Waals surface area contributed by atoms with Crippen LogP contribution in [-0.4, -0.2) is 41.1 Å². The predicted octanol–water partition coefficient (Wildman–Crippen LogP) is 0.920. The van der Waals surface area contributed by atoms with Gasteiger partial charge in [-0.2, -0.15) is 25.6 Å². The fraction of sp³-hybridized carbons (Fsp3) is 0. The summed E-state index contributed by atoms with van der Waals surface area (Å²) in [4.78, 5) is 21.9. The number of benzene rings is 2. The van der Waals surface area contributed by atoms with Crippen LogP contribution in [0.1, 0.15) is 0 Å². The van der Waals surface area contributed by atoms with E-state index in [2.05, 4.69) is 19.4 Å². The number of hydrogen-bond donors (Lipinski definition) is 2. The van der Waals surface area contributed by atoms with Crippen LogP contribution in [0.15, 0.2) is 103 Å². The first-order chi connectivity index (χ1) is 15.3. The second-order valence-electron chi connectivity index (χ2n) is 6.17. The van der Waals surface area contributed by atoms with Crippen LogP contribution in [0.25, 0.3) is 0 Å². The highest BCUT2D eigenvalue weighted by Gasteiger charge is 2.23. The van der Waals surface area contributed by atoms with Gasteiger partial charge in [0.25, 0.3) is 20.0 Å². The molecule has 0 saturated heterocycles. The van der Waals surface area contributed by atoms with Crippen molar-refractivity contribution in [3.05, 3.63) is 84.2 Å². The van der Waals surface area contributed by atoms with Crippen LogP contribution >= 0.6 is 0 Å². The molecule has 0 radical (unpaired) electrons. The maximum atomic E-state index is 12.6. The zero-order valence-electron chi connectivity index (χ0n) is 16.2. The Bertz CT molecular complexity index is 1250. The van der Waals surface area contributed by atoms with Gasteiger partial charge in [-0.15, -0.1) is 0 Å². The van der Waals surface area contributed by atoms with Gasteiger partial charge in [-0.1, -0.05) is 36.4 Å². The van der Waals surface area contributed by atoms with Crippen LogP contribution in [0, 0.1) is 0 Å². The average Bonchev–Trinajstić information content (AvgIpc) is 2.78. The first-order valence-corrected chi connectivity index (χ1v) is 11.8. The monoisotopic (exact) mass is 472 g/mol. The molecule has 2 amide bonds. The highest BCUT2D eigenvalue weighted by Crippen LogP contribution is 2.19. The van der Waals surface area contributed by atoms with Crippen molar-refractivity contribution in [1.82, 2.24) is 10.6 Å². The lowest BCUT2D eigenvalue weighted by molar-refractivity contribution is -0.109. The molecule has 0 bridgehead atoms. The van der Waals surface area contributed by atoms with Gasteiger partial charge in [0, 0.05) is 0 Å². The van der Waals surface area contributed by atoms with Gasteiger partial charge in [0.2, 0.25) is 12.8 Å². The minimum atomic E-state index is -4.17. The SMILES string of the molecule is O=CNC1=CC(=NS(=O)(=O)c2ccccc2)C(NC=O)=CC1=NS(=O)(=O)c1ccccc1. The molecule has 10 nitrogen and oxygen atoms in total. The topological polar surface area (TPSA) is 151 Å². The summed E-state index contributed by atoms with van der Waals surface area (Å²) in [5.41, 5.74) is -0.723. The Morgan fingerprint density at radius 2 is 0.938 bits per heavy atom. The molecule has 0 aliphatic heterocycles. The molecule has 2 N–H and O–H groups in total. The van der Waals surface area contributed by atoms with Crippen LogP contribution in [0.4, 0.5) is 0 Å². The molecule has 1 aliphatic rings. The Morgan fingerprint density at radius 3 is 1.25 bits per heavy atom.